The highest BCUT2D eigenvalue weighted by Gasteiger charge is 2.70. The Bertz CT molecular complexity index is 1450. The van der Waals surface area contributed by atoms with Crippen LogP contribution in [0.25, 0.3) is 16.6 Å². The molecule has 4 aromatic rings. The summed E-state index contributed by atoms with van der Waals surface area (Å²) < 4.78 is 17.7. The minimum Gasteiger partial charge on any atom is -0.391 e. The number of nitrogens with zero attached hydrogens (tertiary/aromatic N) is 4. The molecule has 1 saturated heterocycles. The van der Waals surface area contributed by atoms with Crippen molar-refractivity contribution in [3.05, 3.63) is 107 Å². The Hall–Kier alpha value is -3.33. The highest BCUT2D eigenvalue weighted by molar-refractivity contribution is 8.00. The number of hydrazine groups is 1. The Morgan fingerprint density at radius 1 is 1.17 bits per heavy atom. The molecule has 4 N–H and O–H groups in total. The van der Waals surface area contributed by atoms with Gasteiger partial charge in [0.05, 0.1) is 22.4 Å². The van der Waals surface area contributed by atoms with E-state index in [0.717, 1.165) is 29.7 Å². The number of benzene rings is 3. The van der Waals surface area contributed by atoms with Crippen LogP contribution in [0.15, 0.2) is 84.2 Å². The second kappa shape index (κ2) is 8.65. The third kappa shape index (κ3) is 3.77. The molecular formula is C28H29FN6S. The van der Waals surface area contributed by atoms with E-state index in [1.54, 1.807) is 37.3 Å². The number of nitrogens with two attached hydrogens (primary N) is 2. The lowest BCUT2D eigenvalue weighted by atomic mass is 9.87. The summed E-state index contributed by atoms with van der Waals surface area (Å²) in [6, 6.07) is 21.8. The Balaban J connectivity index is 1.40. The van der Waals surface area contributed by atoms with Gasteiger partial charge in [-0.3, -0.25) is 0 Å². The fourth-order valence-electron chi connectivity index (χ4n) is 6.13. The molecule has 6 rings (SSSR count). The van der Waals surface area contributed by atoms with E-state index in [9.17, 15) is 4.39 Å². The second-order valence-corrected chi connectivity index (χ2v) is 11.1. The Labute approximate surface area is 214 Å². The SMILES string of the molecule is Cc1cc2c(cnn2-c2ccc(F)cc2)cc1C12CN(S/C(N)=C/N(C)N)CC1C2c1ccccc1. The van der Waals surface area contributed by atoms with Crippen LogP contribution in [0, 0.1) is 18.7 Å². The van der Waals surface area contributed by atoms with Gasteiger partial charge < -0.3 is 10.7 Å². The summed E-state index contributed by atoms with van der Waals surface area (Å²) in [6.07, 6.45) is 3.66. The molecule has 1 aliphatic carbocycles. The second-order valence-electron chi connectivity index (χ2n) is 9.90. The molecule has 2 fully saturated rings. The third-order valence-corrected chi connectivity index (χ3v) is 8.41. The predicted octanol–water partition coefficient (Wildman–Crippen LogP) is 4.65. The number of halogens is 1. The summed E-state index contributed by atoms with van der Waals surface area (Å²) in [7, 11) is 1.77. The van der Waals surface area contributed by atoms with Crippen LogP contribution < -0.4 is 11.6 Å². The topological polar surface area (TPSA) is 76.3 Å². The molecule has 1 saturated carbocycles. The number of fused-ring (bicyclic) bond motifs is 2. The van der Waals surface area contributed by atoms with Gasteiger partial charge in [-0.25, -0.2) is 19.2 Å². The van der Waals surface area contributed by atoms with Gasteiger partial charge >= 0.3 is 0 Å². The van der Waals surface area contributed by atoms with Gasteiger partial charge in [-0.05, 0) is 77.9 Å². The summed E-state index contributed by atoms with van der Waals surface area (Å²) in [5.74, 6) is 6.47. The normalized spacial score (nSPS) is 23.7. The summed E-state index contributed by atoms with van der Waals surface area (Å²) >= 11 is 1.58. The fourth-order valence-corrected chi connectivity index (χ4v) is 7.16. The molecule has 0 amide bonds. The Morgan fingerprint density at radius 2 is 1.92 bits per heavy atom. The van der Waals surface area contributed by atoms with Gasteiger partial charge in [0.2, 0.25) is 0 Å². The molecular weight excluding hydrogens is 471 g/mol. The van der Waals surface area contributed by atoms with Crippen LogP contribution in [0.5, 0.6) is 0 Å². The number of hydrogen-bond donors (Lipinski definition) is 2. The zero-order valence-corrected chi connectivity index (χ0v) is 21.1. The van der Waals surface area contributed by atoms with Crippen molar-refractivity contribution in [3.8, 4) is 5.69 Å². The van der Waals surface area contributed by atoms with E-state index in [1.807, 2.05) is 10.9 Å². The first kappa shape index (κ1) is 23.1. The van der Waals surface area contributed by atoms with Crippen molar-refractivity contribution in [3.63, 3.8) is 0 Å². The summed E-state index contributed by atoms with van der Waals surface area (Å²) in [5.41, 5.74) is 12.1. The highest BCUT2D eigenvalue weighted by atomic mass is 32.2. The number of aromatic nitrogens is 2. The molecule has 36 heavy (non-hydrogen) atoms. The number of aryl methyl sites for hydroxylation is 1. The predicted molar refractivity (Wildman–Crippen MR) is 144 cm³/mol. The van der Waals surface area contributed by atoms with E-state index in [0.29, 0.717) is 16.9 Å². The molecule has 0 spiro atoms. The maximum absolute atomic E-state index is 13.5. The van der Waals surface area contributed by atoms with Crippen molar-refractivity contribution in [1.29, 1.82) is 0 Å². The molecule has 3 unspecified atom stereocenters. The number of hydrogen-bond acceptors (Lipinski definition) is 6. The zero-order valence-electron chi connectivity index (χ0n) is 20.3. The van der Waals surface area contributed by atoms with Gasteiger partial charge in [-0.1, -0.05) is 30.3 Å². The molecule has 2 aliphatic rings. The van der Waals surface area contributed by atoms with E-state index in [2.05, 4.69) is 58.8 Å². The van der Waals surface area contributed by atoms with E-state index in [-0.39, 0.29) is 11.2 Å². The zero-order chi connectivity index (χ0) is 25.0. The summed E-state index contributed by atoms with van der Waals surface area (Å²) in [6.45, 7) is 4.05. The van der Waals surface area contributed by atoms with Crippen LogP contribution in [-0.2, 0) is 5.41 Å². The number of piperidine rings is 1. The molecule has 8 heteroatoms. The van der Waals surface area contributed by atoms with Crippen LogP contribution in [0.4, 0.5) is 4.39 Å². The summed E-state index contributed by atoms with van der Waals surface area (Å²) in [5, 5.41) is 7.89. The van der Waals surface area contributed by atoms with Crippen LogP contribution in [0.2, 0.25) is 0 Å². The molecule has 6 nitrogen and oxygen atoms in total. The van der Waals surface area contributed by atoms with Crippen molar-refractivity contribution in [2.75, 3.05) is 20.1 Å². The first-order valence-corrected chi connectivity index (χ1v) is 12.8. The smallest absolute Gasteiger partial charge is 0.123 e. The third-order valence-electron chi connectivity index (χ3n) is 7.56. The average molecular weight is 501 g/mol. The van der Waals surface area contributed by atoms with E-state index < -0.39 is 0 Å². The minimum absolute atomic E-state index is 0.0134. The maximum Gasteiger partial charge on any atom is 0.123 e. The first-order chi connectivity index (χ1) is 17.4. The van der Waals surface area contributed by atoms with Crippen molar-refractivity contribution in [1.82, 2.24) is 19.1 Å². The van der Waals surface area contributed by atoms with Gasteiger partial charge in [-0.2, -0.15) is 5.10 Å². The summed E-state index contributed by atoms with van der Waals surface area (Å²) in [4.78, 5) is 0. The molecule has 0 bridgehead atoms. The Kier molecular flexibility index (Phi) is 5.55. The van der Waals surface area contributed by atoms with Gasteiger partial charge in [0.15, 0.2) is 0 Å². The molecule has 0 radical (unpaired) electrons. The van der Waals surface area contributed by atoms with Crippen molar-refractivity contribution >= 4 is 22.9 Å². The molecule has 2 heterocycles. The molecule has 1 aromatic heterocycles. The lowest BCUT2D eigenvalue weighted by Gasteiger charge is -2.25. The van der Waals surface area contributed by atoms with E-state index in [1.165, 1.54) is 33.8 Å². The fraction of sp³-hybridized carbons (Fsp3) is 0.250. The average Bonchev–Trinajstić information content (AvgIpc) is 3.11. The molecule has 3 aromatic carbocycles. The van der Waals surface area contributed by atoms with Crippen LogP contribution in [0.3, 0.4) is 0 Å². The van der Waals surface area contributed by atoms with Crippen molar-refractivity contribution in [2.24, 2.45) is 17.5 Å². The Morgan fingerprint density at radius 3 is 2.64 bits per heavy atom. The largest absolute Gasteiger partial charge is 0.391 e. The monoisotopic (exact) mass is 500 g/mol. The minimum atomic E-state index is -0.253. The van der Waals surface area contributed by atoms with Crippen molar-refractivity contribution < 1.29 is 4.39 Å². The quantitative estimate of drug-likeness (QED) is 0.228. The van der Waals surface area contributed by atoms with Crippen molar-refractivity contribution in [2.45, 2.75) is 18.3 Å². The van der Waals surface area contributed by atoms with E-state index >= 15 is 0 Å². The number of rotatable bonds is 6. The van der Waals surface area contributed by atoms with Gasteiger partial charge in [-0.15, -0.1) is 0 Å². The van der Waals surface area contributed by atoms with Crippen LogP contribution >= 0.6 is 11.9 Å². The van der Waals surface area contributed by atoms with Gasteiger partial charge in [0.1, 0.15) is 5.82 Å². The van der Waals surface area contributed by atoms with Crippen LogP contribution in [0.1, 0.15) is 22.6 Å². The lowest BCUT2D eigenvalue weighted by molar-refractivity contribution is 0.473. The molecule has 184 valence electrons. The lowest BCUT2D eigenvalue weighted by Crippen LogP contribution is -2.26. The molecule has 3 atom stereocenters. The first-order valence-electron chi connectivity index (χ1n) is 12.0. The molecule has 1 aliphatic heterocycles. The van der Waals surface area contributed by atoms with Gasteiger partial charge in [0, 0.05) is 43.1 Å². The van der Waals surface area contributed by atoms with Crippen LogP contribution in [-0.4, -0.2) is 39.2 Å². The highest BCUT2D eigenvalue weighted by Crippen LogP contribution is 2.70. The maximum atomic E-state index is 13.5. The standard InChI is InChI=1S/C28H29FN6S/c1-18-12-25-20(14-32-35(25)22-10-8-21(29)9-11-22)13-23(18)28-17-34(36-26(30)16-33(2)31)15-24(28)27(28)19-6-4-3-5-7-19/h3-14,16,24,27H,15,17,30-31H2,1-2H3/b26-16+. The van der Waals surface area contributed by atoms with E-state index in [4.69, 9.17) is 11.6 Å². The van der Waals surface area contributed by atoms with Gasteiger partial charge in [0.25, 0.3) is 0 Å².